The molecule has 0 spiro atoms. The number of nitrogens with two attached hydrogens (primary N) is 1. The molecule has 2 aromatic carbocycles. The molecule has 81 heavy (non-hydrogen) atoms. The molecular formula is C56H80N10O15. The van der Waals surface area contributed by atoms with Crippen molar-refractivity contribution in [1.29, 1.82) is 0 Å². The predicted molar refractivity (Wildman–Crippen MR) is 298 cm³/mol. The number of nitrogen functional groups attached to an aromatic ring is 1. The van der Waals surface area contributed by atoms with Crippen LogP contribution < -0.4 is 36.5 Å². The van der Waals surface area contributed by atoms with E-state index in [1.165, 1.54) is 63.6 Å². The number of benzene rings is 2. The highest BCUT2D eigenvalue weighted by Crippen LogP contribution is 2.32. The highest BCUT2D eigenvalue weighted by Gasteiger charge is 2.48. The maximum Gasteiger partial charge on any atom is 0.410 e. The van der Waals surface area contributed by atoms with Crippen LogP contribution in [0.1, 0.15) is 108 Å². The third-order valence-electron chi connectivity index (χ3n) is 14.3. The number of ether oxygens (including phenoxy) is 4. The summed E-state index contributed by atoms with van der Waals surface area (Å²) in [7, 11) is 1.65. The number of aliphatic hydroxyl groups is 3. The van der Waals surface area contributed by atoms with Crippen LogP contribution in [-0.2, 0) is 53.1 Å². The number of amides is 4. The number of aliphatic hydroxyl groups excluding tert-OH is 3. The van der Waals surface area contributed by atoms with E-state index in [9.17, 15) is 49.2 Å². The molecule has 6 rings (SSSR count). The summed E-state index contributed by atoms with van der Waals surface area (Å²) in [6.07, 6.45) is 0.780. The minimum atomic E-state index is -1.98. The molecule has 2 saturated heterocycles. The fourth-order valence-corrected chi connectivity index (χ4v) is 9.64. The van der Waals surface area contributed by atoms with Crippen LogP contribution in [0.3, 0.4) is 0 Å². The van der Waals surface area contributed by atoms with Gasteiger partial charge in [-0.1, -0.05) is 83.9 Å². The van der Waals surface area contributed by atoms with Gasteiger partial charge in [-0.3, -0.25) is 24.1 Å². The van der Waals surface area contributed by atoms with E-state index in [1.807, 2.05) is 18.3 Å². The number of methoxy groups -OCH3 is 1. The van der Waals surface area contributed by atoms with Crippen molar-refractivity contribution in [2.45, 2.75) is 142 Å². The Bertz CT molecular complexity index is 2750. The lowest BCUT2D eigenvalue weighted by atomic mass is 9.97. The van der Waals surface area contributed by atoms with Crippen LogP contribution in [0.25, 0.3) is 11.0 Å². The fourth-order valence-electron chi connectivity index (χ4n) is 9.64. The number of aromatic nitrogens is 3. The highest BCUT2D eigenvalue weighted by molar-refractivity contribution is 5.93. The number of rotatable bonds is 31. The molecule has 0 aliphatic carbocycles. The van der Waals surface area contributed by atoms with E-state index in [0.29, 0.717) is 50.6 Å². The zero-order chi connectivity index (χ0) is 58.6. The Morgan fingerprint density at radius 2 is 1.51 bits per heavy atom. The quantitative estimate of drug-likeness (QED) is 0.0318. The zero-order valence-electron chi connectivity index (χ0n) is 46.6. The van der Waals surface area contributed by atoms with Crippen LogP contribution >= 0.6 is 0 Å². The summed E-state index contributed by atoms with van der Waals surface area (Å²) in [5.41, 5.74) is 10.1. The third-order valence-corrected chi connectivity index (χ3v) is 14.3. The molecule has 7 atom stereocenters. The minimum absolute atomic E-state index is 0.0333. The largest absolute Gasteiger partial charge is 0.496 e. The van der Waals surface area contributed by atoms with Crippen LogP contribution in [0.5, 0.6) is 11.5 Å². The number of hydrogen-bond donors (Lipinski definition) is 10. The van der Waals surface area contributed by atoms with E-state index in [2.05, 4.69) is 66.7 Å². The Morgan fingerprint density at radius 1 is 0.790 bits per heavy atom. The molecule has 11 N–H and O–H groups in total. The van der Waals surface area contributed by atoms with E-state index in [1.54, 1.807) is 12.0 Å². The van der Waals surface area contributed by atoms with Crippen LogP contribution in [0.2, 0.25) is 0 Å². The molecular weight excluding hydrogens is 1050 g/mol. The first-order valence-electron chi connectivity index (χ1n) is 27.8. The second-order valence-electron chi connectivity index (χ2n) is 20.8. The van der Waals surface area contributed by atoms with Crippen molar-refractivity contribution in [1.82, 2.24) is 35.0 Å². The lowest BCUT2D eigenvalue weighted by molar-refractivity contribution is -0.271. The predicted octanol–water partition coefficient (Wildman–Crippen LogP) is 4.05. The van der Waals surface area contributed by atoms with Gasteiger partial charge in [-0.15, -0.1) is 0 Å². The average molecular weight is 1130 g/mol. The van der Waals surface area contributed by atoms with Crippen molar-refractivity contribution in [3.63, 3.8) is 0 Å². The first-order valence-corrected chi connectivity index (χ1v) is 27.8. The number of unbranched alkanes of at least 4 members (excludes halogenated alkanes) is 4. The molecule has 444 valence electrons. The minimum Gasteiger partial charge on any atom is -0.496 e. The molecule has 2 aliphatic rings. The van der Waals surface area contributed by atoms with Gasteiger partial charge >= 0.3 is 18.0 Å². The smallest absolute Gasteiger partial charge is 0.410 e. The molecule has 2 aromatic heterocycles. The summed E-state index contributed by atoms with van der Waals surface area (Å²) >= 11 is 0. The van der Waals surface area contributed by atoms with E-state index < -0.39 is 72.4 Å². The maximum atomic E-state index is 13.4. The number of fused-ring (bicyclic) bond motifs is 1. The van der Waals surface area contributed by atoms with Gasteiger partial charge in [0.1, 0.15) is 41.9 Å². The van der Waals surface area contributed by atoms with Crippen molar-refractivity contribution < 1.29 is 73.2 Å². The first kappa shape index (κ1) is 62.9. The Balaban J connectivity index is 1.00. The second kappa shape index (κ2) is 31.0. The molecule has 0 bridgehead atoms. The number of nitrogens with zero attached hydrogens (tertiary/aromatic N) is 5. The summed E-state index contributed by atoms with van der Waals surface area (Å²) < 4.78 is 24.7. The molecule has 4 amide bonds. The van der Waals surface area contributed by atoms with Gasteiger partial charge in [-0.2, -0.15) is 4.98 Å². The van der Waals surface area contributed by atoms with Crippen molar-refractivity contribution in [2.75, 3.05) is 69.3 Å². The molecule has 2 unspecified atom stereocenters. The normalized spacial score (nSPS) is 19.0. The van der Waals surface area contributed by atoms with E-state index in [4.69, 9.17) is 29.8 Å². The summed E-state index contributed by atoms with van der Waals surface area (Å²) in [4.78, 5) is 86.6. The lowest BCUT2D eigenvalue weighted by Gasteiger charge is -2.38. The molecule has 4 aromatic rings. The topological polar surface area (TPSA) is 352 Å². The van der Waals surface area contributed by atoms with Gasteiger partial charge in [0.15, 0.2) is 11.9 Å². The Morgan fingerprint density at radius 3 is 2.22 bits per heavy atom. The van der Waals surface area contributed by atoms with E-state index in [0.717, 1.165) is 53.2 Å². The maximum absolute atomic E-state index is 13.4. The molecule has 25 nitrogen and oxygen atoms in total. The summed E-state index contributed by atoms with van der Waals surface area (Å²) in [6.45, 7) is 9.36. The number of carbonyl (C=O) groups is 6. The third kappa shape index (κ3) is 18.9. The number of nitrogens with one attached hydrogen (secondary N) is 4. The summed E-state index contributed by atoms with van der Waals surface area (Å²) in [6, 6.07) is 12.3. The summed E-state index contributed by atoms with van der Waals surface area (Å²) in [5.74, 6) is -2.96. The fraction of sp³-hybridized carbons (Fsp3) is 0.571. The van der Waals surface area contributed by atoms with Crippen molar-refractivity contribution in [3.8, 4) is 11.5 Å². The van der Waals surface area contributed by atoms with E-state index >= 15 is 0 Å². The molecule has 0 radical (unpaired) electrons. The van der Waals surface area contributed by atoms with Crippen molar-refractivity contribution in [3.05, 3.63) is 65.4 Å². The zero-order valence-corrected chi connectivity index (χ0v) is 46.6. The van der Waals surface area contributed by atoms with Gasteiger partial charge in [0.05, 0.1) is 31.3 Å². The average Bonchev–Trinajstić information content (AvgIpc) is 3.89. The van der Waals surface area contributed by atoms with Crippen LogP contribution in [0, 0.1) is 11.8 Å². The van der Waals surface area contributed by atoms with Gasteiger partial charge < -0.3 is 80.9 Å². The molecule has 0 saturated carbocycles. The monoisotopic (exact) mass is 1130 g/mol. The van der Waals surface area contributed by atoms with Crippen LogP contribution in [0.4, 0.5) is 22.2 Å². The van der Waals surface area contributed by atoms with Gasteiger partial charge in [-0.05, 0) is 47.7 Å². The van der Waals surface area contributed by atoms with Crippen LogP contribution in [0.15, 0.2) is 48.7 Å². The number of aliphatic carboxylic acids is 2. The van der Waals surface area contributed by atoms with Crippen LogP contribution in [-0.4, -0.2) is 169 Å². The Hall–Kier alpha value is -7.32. The van der Waals surface area contributed by atoms with E-state index in [-0.39, 0.29) is 56.3 Å². The molecule has 25 heteroatoms. The Labute approximate surface area is 470 Å². The van der Waals surface area contributed by atoms with Gasteiger partial charge in [0.2, 0.25) is 30.0 Å². The van der Waals surface area contributed by atoms with Crippen molar-refractivity contribution in [2.24, 2.45) is 11.8 Å². The van der Waals surface area contributed by atoms with Gasteiger partial charge in [0, 0.05) is 82.9 Å². The first-order chi connectivity index (χ1) is 38.8. The number of hydrogen-bond acceptors (Lipinski definition) is 18. The molecule has 4 heterocycles. The number of carboxylic acid groups (broad SMARTS) is 2. The lowest BCUT2D eigenvalue weighted by Crippen LogP contribution is -2.61. The SMILES string of the molecule is CCCCCC(C)CCCCCNc1nc(N)nc2ccn(Cc3ccc(CN4CCN(C(=O)OCc5ccc(O[C@@H]6O[C@H](C(=O)O)[C@@H](O)[C@H](O)[C@H]6O)c(NC(=O)CCNC(=O)CCNC(=O)C(C)CC(=O)O)c5)CC4)cc3OC)c12. The number of piperazine rings is 1. The number of carboxylic acids is 2. The van der Waals surface area contributed by atoms with Crippen molar-refractivity contribution >= 4 is 64.2 Å². The standard InChI is InChI=1S/C56H80N10O15/c1-5-6-8-11-34(2)12-9-7-10-20-59-51-46-39(62-55(57)63-51)19-23-66(46)32-38-15-13-36(30-42(38)78-4)31-64-24-26-65(27-25-64)56(77)79-33-37-14-16-41(80-54-49(73)47(71)48(72)50(81-54)53(75)76)40(29-37)61-44(68)18-21-58-43(67)17-22-60-52(74)35(3)28-45(69)70/h13-16,19,23,29-30,34-35,47-50,54,71-73H,5-12,17-18,20-22,24-28,31-33H2,1-4H3,(H,58,67)(H,60,74)(H,61,68)(H,69,70)(H,75,76)(H3,57,59,62,63)/t34?,35?,47-,48-,49+,50-,54+/m0/s1. The molecule has 2 fully saturated rings. The Kier molecular flexibility index (Phi) is 24.1. The molecule has 2 aliphatic heterocycles. The second-order valence-corrected chi connectivity index (χ2v) is 20.8. The van der Waals surface area contributed by atoms with Gasteiger partial charge in [-0.25, -0.2) is 14.6 Å². The highest BCUT2D eigenvalue weighted by atomic mass is 16.7. The number of carbonyl (C=O) groups excluding carboxylic acids is 4. The number of anilines is 3. The summed E-state index contributed by atoms with van der Waals surface area (Å²) in [5, 5.41) is 60.8. The van der Waals surface area contributed by atoms with Gasteiger partial charge in [0.25, 0.3) is 0 Å².